The van der Waals surface area contributed by atoms with Crippen molar-refractivity contribution in [1.82, 2.24) is 10.2 Å². The molecule has 2 N–H and O–H groups in total. The number of ether oxygens (including phenoxy) is 2. The Kier molecular flexibility index (Phi) is 11.9. The van der Waals surface area contributed by atoms with Crippen LogP contribution < -0.4 is 15.4 Å². The van der Waals surface area contributed by atoms with Crippen molar-refractivity contribution in [2.24, 2.45) is 4.99 Å². The Balaban J connectivity index is 0.00000392. The third kappa shape index (κ3) is 9.09. The third-order valence-corrected chi connectivity index (χ3v) is 4.43. The maximum Gasteiger partial charge on any atom is 0.243 e. The van der Waals surface area contributed by atoms with Crippen molar-refractivity contribution in [3.63, 3.8) is 0 Å². The number of anilines is 1. The molecule has 0 aromatic heterocycles. The molecule has 0 radical (unpaired) electrons. The van der Waals surface area contributed by atoms with E-state index in [1.807, 2.05) is 24.3 Å². The molecule has 0 spiro atoms. The second kappa shape index (κ2) is 13.6. The average molecular weight is 504 g/mol. The van der Waals surface area contributed by atoms with Gasteiger partial charge >= 0.3 is 0 Å². The van der Waals surface area contributed by atoms with E-state index in [0.717, 1.165) is 30.7 Å². The van der Waals surface area contributed by atoms with Gasteiger partial charge in [-0.25, -0.2) is 4.99 Å². The molecule has 1 aromatic rings. The van der Waals surface area contributed by atoms with Crippen LogP contribution in [0.4, 0.5) is 5.69 Å². The summed E-state index contributed by atoms with van der Waals surface area (Å²) in [7, 11) is 5.16. The zero-order valence-electron chi connectivity index (χ0n) is 17.1. The number of nitrogens with one attached hydrogen (secondary N) is 2. The first-order valence-corrected chi connectivity index (χ1v) is 9.58. The number of carbonyl (C=O) groups excluding carboxylic acids is 1. The van der Waals surface area contributed by atoms with Gasteiger partial charge in [0.2, 0.25) is 5.91 Å². The van der Waals surface area contributed by atoms with Gasteiger partial charge in [0.05, 0.1) is 6.61 Å². The summed E-state index contributed by atoms with van der Waals surface area (Å²) in [4.78, 5) is 17.9. The maximum absolute atomic E-state index is 11.9. The van der Waals surface area contributed by atoms with E-state index in [9.17, 15) is 4.79 Å². The van der Waals surface area contributed by atoms with Crippen LogP contribution in [0.25, 0.3) is 0 Å². The van der Waals surface area contributed by atoms with E-state index in [-0.39, 0.29) is 36.4 Å². The summed E-state index contributed by atoms with van der Waals surface area (Å²) in [5.41, 5.74) is 0.876. The molecule has 0 heterocycles. The summed E-state index contributed by atoms with van der Waals surface area (Å²) in [5, 5.41) is 6.75. The van der Waals surface area contributed by atoms with Crippen molar-refractivity contribution in [3.05, 3.63) is 24.3 Å². The molecule has 1 aliphatic carbocycles. The van der Waals surface area contributed by atoms with Gasteiger partial charge in [-0.1, -0.05) is 18.9 Å². The summed E-state index contributed by atoms with van der Waals surface area (Å²) in [6, 6.07) is 8.16. The van der Waals surface area contributed by atoms with Crippen LogP contribution in [0.3, 0.4) is 0 Å². The van der Waals surface area contributed by atoms with E-state index in [2.05, 4.69) is 15.6 Å². The van der Waals surface area contributed by atoms with Crippen LogP contribution >= 0.6 is 24.0 Å². The van der Waals surface area contributed by atoms with Crippen molar-refractivity contribution in [1.29, 1.82) is 0 Å². The lowest BCUT2D eigenvalue weighted by Crippen LogP contribution is -2.38. The first-order chi connectivity index (χ1) is 13.1. The molecule has 7 nitrogen and oxygen atoms in total. The van der Waals surface area contributed by atoms with Crippen LogP contribution in [-0.2, 0) is 9.53 Å². The topological polar surface area (TPSA) is 75.2 Å². The van der Waals surface area contributed by atoms with E-state index in [0.29, 0.717) is 25.2 Å². The number of methoxy groups -OCH3 is 1. The molecule has 0 unspecified atom stereocenters. The lowest BCUT2D eigenvalue weighted by Gasteiger charge is -2.18. The number of hydrogen-bond acceptors (Lipinski definition) is 4. The van der Waals surface area contributed by atoms with E-state index < -0.39 is 0 Å². The zero-order valence-corrected chi connectivity index (χ0v) is 19.4. The van der Waals surface area contributed by atoms with Gasteiger partial charge in [0.15, 0.2) is 5.96 Å². The molecule has 0 aliphatic heterocycles. The predicted octanol–water partition coefficient (Wildman–Crippen LogP) is 3.11. The highest BCUT2D eigenvalue weighted by atomic mass is 127. The van der Waals surface area contributed by atoms with Gasteiger partial charge in [-0.3, -0.25) is 4.79 Å². The van der Waals surface area contributed by atoms with Gasteiger partial charge in [-0.2, -0.15) is 0 Å². The second-order valence-corrected chi connectivity index (χ2v) is 6.93. The Morgan fingerprint density at radius 2 is 2.00 bits per heavy atom. The smallest absolute Gasteiger partial charge is 0.243 e. The molecule has 1 aliphatic rings. The molecule has 0 atom stereocenters. The van der Waals surface area contributed by atoms with Gasteiger partial charge < -0.3 is 25.0 Å². The number of nitrogens with zero attached hydrogens (tertiary/aromatic N) is 2. The first kappa shape index (κ1) is 24.5. The minimum atomic E-state index is -0.0299. The summed E-state index contributed by atoms with van der Waals surface area (Å²) < 4.78 is 10.8. The Morgan fingerprint density at radius 1 is 1.25 bits per heavy atom. The summed E-state index contributed by atoms with van der Waals surface area (Å²) >= 11 is 0. The van der Waals surface area contributed by atoms with Crippen LogP contribution in [-0.4, -0.2) is 63.8 Å². The SMILES string of the molecule is COCCCOc1cccc(NC(=NCC(=O)N(C)C)NC2CCCC2)c1.I. The summed E-state index contributed by atoms with van der Waals surface area (Å²) in [6.07, 6.45) is 5.56. The van der Waals surface area contributed by atoms with Gasteiger partial charge in [-0.05, 0) is 25.0 Å². The van der Waals surface area contributed by atoms with Crippen LogP contribution in [0.2, 0.25) is 0 Å². The first-order valence-electron chi connectivity index (χ1n) is 9.58. The van der Waals surface area contributed by atoms with Crippen LogP contribution in [0.5, 0.6) is 5.75 Å². The average Bonchev–Trinajstić information content (AvgIpc) is 3.16. The number of rotatable bonds is 9. The molecular weight excluding hydrogens is 471 g/mol. The normalized spacial score (nSPS) is 14.3. The van der Waals surface area contributed by atoms with Crippen molar-refractivity contribution in [3.8, 4) is 5.75 Å². The lowest BCUT2D eigenvalue weighted by molar-refractivity contribution is -0.127. The highest BCUT2D eigenvalue weighted by molar-refractivity contribution is 14.0. The quantitative estimate of drug-likeness (QED) is 0.234. The fraction of sp³-hybridized carbons (Fsp3) is 0.600. The van der Waals surface area contributed by atoms with Crippen molar-refractivity contribution < 1.29 is 14.3 Å². The minimum absolute atomic E-state index is 0. The predicted molar refractivity (Wildman–Crippen MR) is 124 cm³/mol. The number of likely N-dealkylation sites (N-methyl/N-ethyl adjacent to an activating group) is 1. The Labute approximate surface area is 185 Å². The Hall–Kier alpha value is -1.55. The van der Waals surface area contributed by atoms with E-state index in [4.69, 9.17) is 9.47 Å². The molecule has 1 fully saturated rings. The number of benzene rings is 1. The lowest BCUT2D eigenvalue weighted by atomic mass is 10.2. The molecule has 1 amide bonds. The fourth-order valence-electron chi connectivity index (χ4n) is 2.87. The van der Waals surface area contributed by atoms with Crippen LogP contribution in [0, 0.1) is 0 Å². The standard InChI is InChI=1S/C20H32N4O3.HI/c1-24(2)19(25)15-21-20(22-16-8-4-5-9-16)23-17-10-6-11-18(14-17)27-13-7-12-26-3;/h6,10-11,14,16H,4-5,7-9,12-13,15H2,1-3H3,(H2,21,22,23);1H. The summed E-state index contributed by atoms with van der Waals surface area (Å²) in [6.45, 7) is 1.40. The number of halogens is 1. The largest absolute Gasteiger partial charge is 0.493 e. The van der Waals surface area contributed by atoms with Crippen LogP contribution in [0.15, 0.2) is 29.3 Å². The highest BCUT2D eigenvalue weighted by Crippen LogP contribution is 2.19. The molecule has 8 heteroatoms. The molecule has 0 saturated heterocycles. The molecule has 1 aromatic carbocycles. The number of guanidine groups is 1. The molecule has 1 saturated carbocycles. The van der Waals surface area contributed by atoms with E-state index >= 15 is 0 Å². The summed E-state index contributed by atoms with van der Waals surface area (Å²) in [5.74, 6) is 1.40. The van der Waals surface area contributed by atoms with E-state index in [1.54, 1.807) is 26.1 Å². The highest BCUT2D eigenvalue weighted by Gasteiger charge is 2.16. The molecule has 2 rings (SSSR count). The fourth-order valence-corrected chi connectivity index (χ4v) is 2.87. The van der Waals surface area contributed by atoms with Gasteiger partial charge in [0.25, 0.3) is 0 Å². The maximum atomic E-state index is 11.9. The third-order valence-electron chi connectivity index (χ3n) is 4.43. The number of hydrogen-bond donors (Lipinski definition) is 2. The van der Waals surface area contributed by atoms with Crippen molar-refractivity contribution in [2.45, 2.75) is 38.1 Å². The van der Waals surface area contributed by atoms with Crippen molar-refractivity contribution in [2.75, 3.05) is 46.3 Å². The Morgan fingerprint density at radius 3 is 2.68 bits per heavy atom. The molecule has 0 bridgehead atoms. The minimum Gasteiger partial charge on any atom is -0.493 e. The van der Waals surface area contributed by atoms with Gasteiger partial charge in [-0.15, -0.1) is 24.0 Å². The van der Waals surface area contributed by atoms with Crippen LogP contribution in [0.1, 0.15) is 32.1 Å². The van der Waals surface area contributed by atoms with Gasteiger partial charge in [0.1, 0.15) is 12.3 Å². The Bertz CT molecular complexity index is 619. The van der Waals surface area contributed by atoms with Crippen molar-refractivity contribution >= 4 is 41.5 Å². The molecule has 28 heavy (non-hydrogen) atoms. The second-order valence-electron chi connectivity index (χ2n) is 6.93. The number of aliphatic imine (C=N–C) groups is 1. The molecular formula is C20H33IN4O3. The molecule has 158 valence electrons. The monoisotopic (exact) mass is 504 g/mol. The van der Waals surface area contributed by atoms with E-state index in [1.165, 1.54) is 12.8 Å². The zero-order chi connectivity index (χ0) is 19.5. The number of carbonyl (C=O) groups is 1. The number of amides is 1. The van der Waals surface area contributed by atoms with Gasteiger partial charge in [0, 0.05) is 52.0 Å².